The molecule has 0 atom stereocenters. The van der Waals surface area contributed by atoms with Crippen LogP contribution in [0.3, 0.4) is 0 Å². The Kier molecular flexibility index (Phi) is 6.25. The fourth-order valence-corrected chi connectivity index (χ4v) is 3.23. The molecule has 29 heavy (non-hydrogen) atoms. The van der Waals surface area contributed by atoms with Crippen LogP contribution in [0.2, 0.25) is 0 Å². The number of hydrogen-bond acceptors (Lipinski definition) is 5. The van der Waals surface area contributed by atoms with Crippen molar-refractivity contribution in [1.82, 2.24) is 4.90 Å². The predicted molar refractivity (Wildman–Crippen MR) is 106 cm³/mol. The second-order valence-electron chi connectivity index (χ2n) is 8.15. The van der Waals surface area contributed by atoms with E-state index in [2.05, 4.69) is 0 Å². The molecule has 1 amide bonds. The Labute approximate surface area is 169 Å². The molecule has 3 rings (SSSR count). The van der Waals surface area contributed by atoms with Crippen molar-refractivity contribution in [3.05, 3.63) is 41.9 Å². The van der Waals surface area contributed by atoms with Crippen LogP contribution in [-0.2, 0) is 4.74 Å². The first-order chi connectivity index (χ1) is 13.8. The molecule has 2 aromatic rings. The SMILES string of the molecule is CC(C)(C)OC(=O)N1CCC(COc2cccc(F)c2-c2ccc(C=O)o2)CC1. The molecule has 1 aromatic carbocycles. The minimum Gasteiger partial charge on any atom is -0.492 e. The molecule has 2 heterocycles. The largest absolute Gasteiger partial charge is 0.492 e. The number of carbonyl (C=O) groups excluding carboxylic acids is 2. The van der Waals surface area contributed by atoms with Crippen molar-refractivity contribution in [2.75, 3.05) is 19.7 Å². The Balaban J connectivity index is 1.60. The van der Waals surface area contributed by atoms with Crippen LogP contribution in [0.5, 0.6) is 5.75 Å². The zero-order valence-electron chi connectivity index (χ0n) is 16.9. The summed E-state index contributed by atoms with van der Waals surface area (Å²) in [5.41, 5.74) is -0.313. The van der Waals surface area contributed by atoms with Crippen molar-refractivity contribution in [2.24, 2.45) is 5.92 Å². The van der Waals surface area contributed by atoms with Gasteiger partial charge in [0.2, 0.25) is 0 Å². The van der Waals surface area contributed by atoms with Gasteiger partial charge in [-0.05, 0) is 63.8 Å². The van der Waals surface area contributed by atoms with Crippen LogP contribution >= 0.6 is 0 Å². The van der Waals surface area contributed by atoms with E-state index in [0.29, 0.717) is 31.7 Å². The lowest BCUT2D eigenvalue weighted by Crippen LogP contribution is -2.42. The third kappa shape index (κ3) is 5.37. The number of rotatable bonds is 5. The number of ether oxygens (including phenoxy) is 2. The highest BCUT2D eigenvalue weighted by molar-refractivity contribution is 5.74. The van der Waals surface area contributed by atoms with Crippen LogP contribution in [0.25, 0.3) is 11.3 Å². The first-order valence-electron chi connectivity index (χ1n) is 9.71. The van der Waals surface area contributed by atoms with Gasteiger partial charge < -0.3 is 18.8 Å². The first kappa shape index (κ1) is 20.9. The number of nitrogens with zero attached hydrogens (tertiary/aromatic N) is 1. The molecule has 1 aliphatic rings. The summed E-state index contributed by atoms with van der Waals surface area (Å²) in [6.07, 6.45) is 1.83. The number of carbonyl (C=O) groups is 2. The van der Waals surface area contributed by atoms with Crippen LogP contribution in [0.15, 0.2) is 34.7 Å². The summed E-state index contributed by atoms with van der Waals surface area (Å²) in [5, 5.41) is 0. The first-order valence-corrected chi connectivity index (χ1v) is 9.71. The van der Waals surface area contributed by atoms with Crippen molar-refractivity contribution < 1.29 is 27.9 Å². The van der Waals surface area contributed by atoms with Gasteiger partial charge in [-0.15, -0.1) is 0 Å². The number of amides is 1. The average molecular weight is 403 g/mol. The molecule has 0 radical (unpaired) electrons. The maximum atomic E-state index is 14.4. The lowest BCUT2D eigenvalue weighted by Gasteiger charge is -2.33. The lowest BCUT2D eigenvalue weighted by atomic mass is 9.98. The van der Waals surface area contributed by atoms with Crippen LogP contribution in [0.4, 0.5) is 9.18 Å². The predicted octanol–water partition coefficient (Wildman–Crippen LogP) is 4.92. The van der Waals surface area contributed by atoms with Gasteiger partial charge in [-0.2, -0.15) is 0 Å². The van der Waals surface area contributed by atoms with Crippen molar-refractivity contribution in [3.8, 4) is 17.1 Å². The molecule has 156 valence electrons. The number of furan rings is 1. The highest BCUT2D eigenvalue weighted by atomic mass is 19.1. The molecule has 7 heteroatoms. The maximum Gasteiger partial charge on any atom is 0.410 e. The van der Waals surface area contributed by atoms with E-state index >= 15 is 0 Å². The molecule has 0 N–H and O–H groups in total. The fraction of sp³-hybridized carbons (Fsp3) is 0.455. The van der Waals surface area contributed by atoms with Crippen molar-refractivity contribution in [1.29, 1.82) is 0 Å². The van der Waals surface area contributed by atoms with Gasteiger partial charge >= 0.3 is 6.09 Å². The second-order valence-corrected chi connectivity index (χ2v) is 8.15. The standard InChI is InChI=1S/C22H26FNO5/c1-22(2,3)29-21(26)24-11-9-15(10-12-24)14-27-18-6-4-5-17(23)20(18)19-8-7-16(13-25)28-19/h4-8,13,15H,9-12,14H2,1-3H3. The summed E-state index contributed by atoms with van der Waals surface area (Å²) >= 11 is 0. The molecule has 0 spiro atoms. The number of likely N-dealkylation sites (tertiary alicyclic amines) is 1. The summed E-state index contributed by atoms with van der Waals surface area (Å²) in [4.78, 5) is 24.7. The van der Waals surface area contributed by atoms with Crippen molar-refractivity contribution in [3.63, 3.8) is 0 Å². The van der Waals surface area contributed by atoms with E-state index in [0.717, 1.165) is 12.8 Å². The molecule has 0 unspecified atom stereocenters. The minimum atomic E-state index is -0.514. The molecule has 1 fully saturated rings. The van der Waals surface area contributed by atoms with Crippen LogP contribution in [0.1, 0.15) is 44.2 Å². The zero-order chi connectivity index (χ0) is 21.0. The van der Waals surface area contributed by atoms with E-state index in [1.165, 1.54) is 12.1 Å². The molecule has 1 aromatic heterocycles. The number of piperidine rings is 1. The van der Waals surface area contributed by atoms with Gasteiger partial charge in [0.1, 0.15) is 22.9 Å². The van der Waals surface area contributed by atoms with Gasteiger partial charge in [0, 0.05) is 13.1 Å². The fourth-order valence-electron chi connectivity index (χ4n) is 3.23. The molecule has 1 aliphatic heterocycles. The lowest BCUT2D eigenvalue weighted by molar-refractivity contribution is 0.0165. The van der Waals surface area contributed by atoms with Crippen LogP contribution in [0, 0.1) is 11.7 Å². The molecule has 0 saturated carbocycles. The number of halogens is 1. The summed E-state index contributed by atoms with van der Waals surface area (Å²) < 4.78 is 31.1. The Hall–Kier alpha value is -2.83. The van der Waals surface area contributed by atoms with Crippen molar-refractivity contribution in [2.45, 2.75) is 39.2 Å². The normalized spacial score (nSPS) is 15.2. The van der Waals surface area contributed by atoms with Gasteiger partial charge in [0.15, 0.2) is 12.0 Å². The average Bonchev–Trinajstić information content (AvgIpc) is 3.14. The quantitative estimate of drug-likeness (QED) is 0.663. The third-order valence-corrected chi connectivity index (χ3v) is 4.71. The molecule has 0 bridgehead atoms. The van der Waals surface area contributed by atoms with E-state index in [1.807, 2.05) is 20.8 Å². The topological polar surface area (TPSA) is 69.0 Å². The Morgan fingerprint density at radius 3 is 2.59 bits per heavy atom. The van der Waals surface area contributed by atoms with Gasteiger partial charge in [-0.3, -0.25) is 4.79 Å². The smallest absolute Gasteiger partial charge is 0.410 e. The maximum absolute atomic E-state index is 14.4. The van der Waals surface area contributed by atoms with Gasteiger partial charge in [-0.1, -0.05) is 6.07 Å². The molecule has 1 saturated heterocycles. The highest BCUT2D eigenvalue weighted by Crippen LogP contribution is 2.34. The van der Waals surface area contributed by atoms with Crippen LogP contribution in [-0.4, -0.2) is 42.6 Å². The molecular weight excluding hydrogens is 377 g/mol. The molecular formula is C22H26FNO5. The monoisotopic (exact) mass is 403 g/mol. The number of benzene rings is 1. The van der Waals surface area contributed by atoms with E-state index in [1.54, 1.807) is 23.1 Å². The summed E-state index contributed by atoms with van der Waals surface area (Å²) in [7, 11) is 0. The van der Waals surface area contributed by atoms with Gasteiger partial charge in [0.25, 0.3) is 0 Å². The Morgan fingerprint density at radius 1 is 1.24 bits per heavy atom. The number of hydrogen-bond donors (Lipinski definition) is 0. The molecule has 0 aliphatic carbocycles. The van der Waals surface area contributed by atoms with Gasteiger partial charge in [0.05, 0.1) is 12.2 Å². The molecule has 6 nitrogen and oxygen atoms in total. The second kappa shape index (κ2) is 8.68. The zero-order valence-corrected chi connectivity index (χ0v) is 16.9. The summed E-state index contributed by atoms with van der Waals surface area (Å²) in [6, 6.07) is 7.62. The van der Waals surface area contributed by atoms with Gasteiger partial charge in [-0.25, -0.2) is 9.18 Å². The minimum absolute atomic E-state index is 0.128. The summed E-state index contributed by atoms with van der Waals surface area (Å²) in [6.45, 7) is 7.14. The van der Waals surface area contributed by atoms with E-state index < -0.39 is 11.4 Å². The number of aldehydes is 1. The van der Waals surface area contributed by atoms with Crippen LogP contribution < -0.4 is 4.74 Å². The summed E-state index contributed by atoms with van der Waals surface area (Å²) in [5.74, 6) is 0.510. The highest BCUT2D eigenvalue weighted by Gasteiger charge is 2.27. The third-order valence-electron chi connectivity index (χ3n) is 4.71. The Morgan fingerprint density at radius 2 is 1.97 bits per heavy atom. The Bertz CT molecular complexity index is 862. The van der Waals surface area contributed by atoms with Crippen molar-refractivity contribution >= 4 is 12.4 Å². The van der Waals surface area contributed by atoms with E-state index in [4.69, 9.17) is 13.9 Å². The van der Waals surface area contributed by atoms with E-state index in [9.17, 15) is 14.0 Å². The van der Waals surface area contributed by atoms with E-state index in [-0.39, 0.29) is 29.1 Å².